The molecule has 8 heteroatoms. The molecule has 1 aromatic heterocycles. The maximum Gasteiger partial charge on any atom is 0.191 e. The summed E-state index contributed by atoms with van der Waals surface area (Å²) < 4.78 is 0. The summed E-state index contributed by atoms with van der Waals surface area (Å²) in [6.07, 6.45) is 0.930. The molecule has 0 amide bonds. The molecule has 0 aliphatic carbocycles. The average molecular weight is 480 g/mol. The Morgan fingerprint density at radius 1 is 1.32 bits per heavy atom. The Labute approximate surface area is 173 Å². The number of hydrogen-bond acceptors (Lipinski definition) is 5. The van der Waals surface area contributed by atoms with Gasteiger partial charge >= 0.3 is 0 Å². The van der Waals surface area contributed by atoms with Crippen LogP contribution in [0.4, 0.5) is 0 Å². The van der Waals surface area contributed by atoms with Crippen molar-refractivity contribution in [1.29, 1.82) is 0 Å². The van der Waals surface area contributed by atoms with Crippen molar-refractivity contribution in [2.24, 2.45) is 4.99 Å². The molecule has 0 saturated carbocycles. The van der Waals surface area contributed by atoms with Gasteiger partial charge in [0.25, 0.3) is 0 Å². The van der Waals surface area contributed by atoms with Crippen LogP contribution in [0, 0.1) is 6.92 Å². The molecular formula is C17H33IN6S. The molecule has 25 heavy (non-hydrogen) atoms. The summed E-state index contributed by atoms with van der Waals surface area (Å²) in [6, 6.07) is 0.517. The van der Waals surface area contributed by atoms with Crippen molar-refractivity contribution in [3.8, 4) is 0 Å². The number of nitrogens with zero attached hydrogens (tertiary/aromatic N) is 4. The predicted octanol–water partition coefficient (Wildman–Crippen LogP) is 1.80. The molecule has 1 aliphatic heterocycles. The fourth-order valence-corrected chi connectivity index (χ4v) is 3.59. The molecule has 2 N–H and O–H groups in total. The third-order valence-corrected chi connectivity index (χ3v) is 5.43. The van der Waals surface area contributed by atoms with E-state index in [4.69, 9.17) is 0 Å². The Bertz CT molecular complexity index is 513. The first-order valence-corrected chi connectivity index (χ1v) is 9.82. The molecule has 144 valence electrons. The molecule has 1 aromatic rings. The van der Waals surface area contributed by atoms with Gasteiger partial charge in [-0.1, -0.05) is 6.92 Å². The van der Waals surface area contributed by atoms with Gasteiger partial charge in [0, 0.05) is 64.2 Å². The van der Waals surface area contributed by atoms with E-state index in [1.165, 1.54) is 13.1 Å². The van der Waals surface area contributed by atoms with Gasteiger partial charge in [-0.05, 0) is 20.4 Å². The Morgan fingerprint density at radius 3 is 2.60 bits per heavy atom. The standard InChI is InChI=1S/C17H32N6S.HI/c1-5-22-8-10-23(11-9-22)14(2)12-20-17(18-4)19-7-6-16-13-24-15(3)21-16;/h13-14H,5-12H2,1-4H3,(H2,18,19,20);1H. The minimum atomic E-state index is 0. The molecule has 0 aromatic carbocycles. The highest BCUT2D eigenvalue weighted by Crippen LogP contribution is 2.08. The predicted molar refractivity (Wildman–Crippen MR) is 118 cm³/mol. The van der Waals surface area contributed by atoms with Crippen LogP contribution in [0.2, 0.25) is 0 Å². The number of halogens is 1. The van der Waals surface area contributed by atoms with Crippen LogP contribution in [0.25, 0.3) is 0 Å². The fourth-order valence-electron chi connectivity index (χ4n) is 2.95. The number of piperazine rings is 1. The van der Waals surface area contributed by atoms with Gasteiger partial charge in [0.15, 0.2) is 5.96 Å². The summed E-state index contributed by atoms with van der Waals surface area (Å²) in [6.45, 7) is 14.2. The molecule has 0 bridgehead atoms. The maximum atomic E-state index is 4.49. The second-order valence-electron chi connectivity index (χ2n) is 6.31. The van der Waals surface area contributed by atoms with Crippen molar-refractivity contribution in [2.75, 3.05) is 52.9 Å². The highest BCUT2D eigenvalue weighted by molar-refractivity contribution is 14.0. The van der Waals surface area contributed by atoms with E-state index >= 15 is 0 Å². The van der Waals surface area contributed by atoms with E-state index in [2.05, 4.69) is 49.6 Å². The quantitative estimate of drug-likeness (QED) is 0.354. The third-order valence-electron chi connectivity index (χ3n) is 4.61. The fraction of sp³-hybridized carbons (Fsp3) is 0.765. The van der Waals surface area contributed by atoms with Crippen LogP contribution in [0.5, 0.6) is 0 Å². The zero-order chi connectivity index (χ0) is 17.4. The number of aryl methyl sites for hydroxylation is 1. The summed E-state index contributed by atoms with van der Waals surface area (Å²) >= 11 is 1.71. The summed E-state index contributed by atoms with van der Waals surface area (Å²) in [5.41, 5.74) is 1.16. The van der Waals surface area contributed by atoms with Crippen molar-refractivity contribution >= 4 is 41.3 Å². The maximum absolute atomic E-state index is 4.49. The lowest BCUT2D eigenvalue weighted by Crippen LogP contribution is -2.53. The molecule has 1 atom stereocenters. The van der Waals surface area contributed by atoms with Crippen LogP contribution >= 0.6 is 35.3 Å². The molecular weight excluding hydrogens is 447 g/mol. The Kier molecular flexibility index (Phi) is 10.9. The molecule has 2 heterocycles. The van der Waals surface area contributed by atoms with Gasteiger partial charge in [-0.3, -0.25) is 9.89 Å². The number of thiazole rings is 1. The first-order chi connectivity index (χ1) is 11.6. The zero-order valence-corrected chi connectivity index (χ0v) is 19.1. The van der Waals surface area contributed by atoms with Crippen LogP contribution in [-0.2, 0) is 6.42 Å². The monoisotopic (exact) mass is 480 g/mol. The highest BCUT2D eigenvalue weighted by Gasteiger charge is 2.20. The number of rotatable bonds is 7. The van der Waals surface area contributed by atoms with Gasteiger partial charge in [-0.15, -0.1) is 35.3 Å². The molecule has 1 saturated heterocycles. The lowest BCUT2D eigenvalue weighted by atomic mass is 10.2. The highest BCUT2D eigenvalue weighted by atomic mass is 127. The number of aromatic nitrogens is 1. The van der Waals surface area contributed by atoms with Gasteiger partial charge in [0.05, 0.1) is 10.7 Å². The van der Waals surface area contributed by atoms with E-state index in [-0.39, 0.29) is 24.0 Å². The van der Waals surface area contributed by atoms with Crippen molar-refractivity contribution < 1.29 is 0 Å². The second-order valence-corrected chi connectivity index (χ2v) is 7.37. The van der Waals surface area contributed by atoms with Crippen LogP contribution in [-0.4, -0.2) is 79.6 Å². The van der Waals surface area contributed by atoms with Gasteiger partial charge in [-0.2, -0.15) is 0 Å². The Balaban J connectivity index is 0.00000312. The lowest BCUT2D eigenvalue weighted by molar-refractivity contribution is 0.107. The van der Waals surface area contributed by atoms with E-state index in [9.17, 15) is 0 Å². The molecule has 1 unspecified atom stereocenters. The summed E-state index contributed by atoms with van der Waals surface area (Å²) in [5, 5.41) is 10.1. The Morgan fingerprint density at radius 2 is 2.04 bits per heavy atom. The van der Waals surface area contributed by atoms with Crippen molar-refractivity contribution in [3.05, 3.63) is 16.1 Å². The molecule has 2 rings (SSSR count). The van der Waals surface area contributed by atoms with E-state index in [0.717, 1.165) is 55.8 Å². The first kappa shape index (κ1) is 22.6. The third kappa shape index (κ3) is 7.76. The van der Waals surface area contributed by atoms with Crippen LogP contribution in [0.15, 0.2) is 10.4 Å². The molecule has 6 nitrogen and oxygen atoms in total. The van der Waals surface area contributed by atoms with Crippen molar-refractivity contribution in [1.82, 2.24) is 25.4 Å². The normalized spacial score (nSPS) is 17.8. The smallest absolute Gasteiger partial charge is 0.191 e. The topological polar surface area (TPSA) is 55.8 Å². The molecule has 1 fully saturated rings. The minimum absolute atomic E-state index is 0. The second kappa shape index (κ2) is 12.0. The Hall–Kier alpha value is -0.450. The summed E-state index contributed by atoms with van der Waals surface area (Å²) in [7, 11) is 1.83. The van der Waals surface area contributed by atoms with Crippen LogP contribution in [0.3, 0.4) is 0 Å². The van der Waals surface area contributed by atoms with E-state index in [1.807, 2.05) is 14.0 Å². The first-order valence-electron chi connectivity index (χ1n) is 8.94. The van der Waals surface area contributed by atoms with Crippen molar-refractivity contribution in [2.45, 2.75) is 33.2 Å². The minimum Gasteiger partial charge on any atom is -0.356 e. The number of likely N-dealkylation sites (N-methyl/N-ethyl adjacent to an activating group) is 1. The van der Waals surface area contributed by atoms with Gasteiger partial charge in [0.1, 0.15) is 0 Å². The number of nitrogens with one attached hydrogen (secondary N) is 2. The van der Waals surface area contributed by atoms with Crippen LogP contribution in [0.1, 0.15) is 24.5 Å². The average Bonchev–Trinajstić information content (AvgIpc) is 3.03. The van der Waals surface area contributed by atoms with Gasteiger partial charge in [0.2, 0.25) is 0 Å². The van der Waals surface area contributed by atoms with Gasteiger partial charge in [-0.25, -0.2) is 4.98 Å². The van der Waals surface area contributed by atoms with E-state index < -0.39 is 0 Å². The molecule has 0 radical (unpaired) electrons. The van der Waals surface area contributed by atoms with E-state index in [0.29, 0.717) is 6.04 Å². The zero-order valence-electron chi connectivity index (χ0n) is 15.9. The largest absolute Gasteiger partial charge is 0.356 e. The van der Waals surface area contributed by atoms with Crippen molar-refractivity contribution in [3.63, 3.8) is 0 Å². The summed E-state index contributed by atoms with van der Waals surface area (Å²) in [4.78, 5) is 13.9. The number of guanidine groups is 1. The summed E-state index contributed by atoms with van der Waals surface area (Å²) in [5.74, 6) is 0.876. The van der Waals surface area contributed by atoms with E-state index in [1.54, 1.807) is 11.3 Å². The SMILES string of the molecule is CCN1CCN(C(C)CNC(=NC)NCCc2csc(C)n2)CC1.I. The van der Waals surface area contributed by atoms with Gasteiger partial charge < -0.3 is 15.5 Å². The van der Waals surface area contributed by atoms with Crippen LogP contribution < -0.4 is 10.6 Å². The number of aliphatic imine (C=N–C) groups is 1. The number of hydrogen-bond donors (Lipinski definition) is 2. The molecule has 1 aliphatic rings. The lowest BCUT2D eigenvalue weighted by Gasteiger charge is -2.37. The molecule has 0 spiro atoms.